The van der Waals surface area contributed by atoms with E-state index < -0.39 is 0 Å². The second-order valence-corrected chi connectivity index (χ2v) is 5.46. The lowest BCUT2D eigenvalue weighted by Gasteiger charge is -2.11. The monoisotopic (exact) mass is 250 g/mol. The minimum absolute atomic E-state index is 0.239. The number of nitrogens with one attached hydrogen (secondary N) is 1. The Morgan fingerprint density at radius 3 is 3.12 bits per heavy atom. The molecule has 1 atom stereocenters. The largest absolute Gasteiger partial charge is 0.338 e. The maximum atomic E-state index is 5.87. The van der Waals surface area contributed by atoms with Crippen LogP contribution in [0, 0.1) is 6.92 Å². The molecule has 0 bridgehead atoms. The minimum atomic E-state index is 0.239. The summed E-state index contributed by atoms with van der Waals surface area (Å²) in [6, 6.07) is 0.239. The molecule has 3 N–H and O–H groups in total. The summed E-state index contributed by atoms with van der Waals surface area (Å²) in [5.74, 6) is 1.52. The van der Waals surface area contributed by atoms with Crippen molar-refractivity contribution in [3.05, 3.63) is 11.2 Å². The van der Waals surface area contributed by atoms with E-state index in [0.29, 0.717) is 0 Å². The summed E-state index contributed by atoms with van der Waals surface area (Å²) in [5, 5.41) is 8.21. The van der Waals surface area contributed by atoms with Crippen molar-refractivity contribution in [2.45, 2.75) is 19.4 Å². The molecule has 2 aromatic rings. The third-order valence-corrected chi connectivity index (χ3v) is 3.76. The predicted octanol–water partition coefficient (Wildman–Crippen LogP) is 0.774. The Balaban J connectivity index is 1.83. The lowest BCUT2D eigenvalue weighted by Crippen LogP contribution is -2.26. The highest BCUT2D eigenvalue weighted by Gasteiger charge is 2.22. The average Bonchev–Trinajstić information content (AvgIpc) is 2.96. The molecule has 3 heterocycles. The first kappa shape index (κ1) is 10.7. The van der Waals surface area contributed by atoms with Gasteiger partial charge in [-0.1, -0.05) is 0 Å². The topological polar surface area (TPSA) is 83.7 Å². The molecule has 1 aliphatic rings. The van der Waals surface area contributed by atoms with Gasteiger partial charge in [-0.05, 0) is 13.3 Å². The van der Waals surface area contributed by atoms with Crippen LogP contribution in [-0.2, 0) is 0 Å². The van der Waals surface area contributed by atoms with Crippen molar-refractivity contribution in [3.8, 4) is 10.7 Å². The van der Waals surface area contributed by atoms with Crippen LogP contribution in [0.5, 0.6) is 0 Å². The Bertz CT molecular complexity index is 518. The Morgan fingerprint density at radius 2 is 2.47 bits per heavy atom. The van der Waals surface area contributed by atoms with E-state index >= 15 is 0 Å². The maximum Gasteiger partial charge on any atom is 0.245 e. The van der Waals surface area contributed by atoms with Gasteiger partial charge in [0.1, 0.15) is 0 Å². The number of hydrogen-bond donors (Lipinski definition) is 2. The Labute approximate surface area is 103 Å². The molecule has 0 spiro atoms. The third-order valence-electron chi connectivity index (χ3n) is 2.84. The summed E-state index contributed by atoms with van der Waals surface area (Å²) in [6.45, 7) is 3.74. The highest BCUT2D eigenvalue weighted by Crippen LogP contribution is 2.24. The Morgan fingerprint density at radius 1 is 1.59 bits per heavy atom. The van der Waals surface area contributed by atoms with Crippen LogP contribution in [0.1, 0.15) is 11.4 Å². The number of nitrogens with zero attached hydrogens (tertiary/aromatic N) is 4. The summed E-state index contributed by atoms with van der Waals surface area (Å²) >= 11 is 1.61. The van der Waals surface area contributed by atoms with Gasteiger partial charge in [0.15, 0.2) is 5.82 Å². The second kappa shape index (κ2) is 4.08. The van der Waals surface area contributed by atoms with Crippen molar-refractivity contribution in [1.82, 2.24) is 20.2 Å². The first-order valence-corrected chi connectivity index (χ1v) is 6.40. The number of anilines is 1. The van der Waals surface area contributed by atoms with Crippen LogP contribution in [0.15, 0.2) is 6.20 Å². The highest BCUT2D eigenvalue weighted by atomic mass is 32.1. The molecule has 90 valence electrons. The Kier molecular flexibility index (Phi) is 2.56. The lowest BCUT2D eigenvalue weighted by atomic mass is 10.3. The quantitative estimate of drug-likeness (QED) is 0.822. The van der Waals surface area contributed by atoms with Crippen molar-refractivity contribution in [2.75, 3.05) is 18.0 Å². The lowest BCUT2D eigenvalue weighted by molar-refractivity contribution is 0.750. The van der Waals surface area contributed by atoms with Gasteiger partial charge in [0.25, 0.3) is 0 Å². The zero-order chi connectivity index (χ0) is 11.8. The highest BCUT2D eigenvalue weighted by molar-refractivity contribution is 7.14. The number of rotatable bonds is 2. The molecule has 1 unspecified atom stereocenters. The number of thiazole rings is 1. The van der Waals surface area contributed by atoms with Crippen molar-refractivity contribution in [1.29, 1.82) is 0 Å². The van der Waals surface area contributed by atoms with Gasteiger partial charge in [0.05, 0.1) is 9.88 Å². The van der Waals surface area contributed by atoms with Crippen LogP contribution >= 0.6 is 11.3 Å². The van der Waals surface area contributed by atoms with Gasteiger partial charge in [0, 0.05) is 25.3 Å². The van der Waals surface area contributed by atoms with Gasteiger partial charge in [-0.2, -0.15) is 4.98 Å². The molecule has 3 rings (SSSR count). The summed E-state index contributed by atoms with van der Waals surface area (Å²) in [4.78, 5) is 11.8. The average molecular weight is 250 g/mol. The molecule has 1 saturated heterocycles. The van der Waals surface area contributed by atoms with Crippen LogP contribution in [0.4, 0.5) is 5.95 Å². The van der Waals surface area contributed by atoms with E-state index in [9.17, 15) is 0 Å². The number of nitrogens with two attached hydrogens (primary N) is 1. The van der Waals surface area contributed by atoms with Gasteiger partial charge < -0.3 is 10.6 Å². The number of aromatic nitrogens is 4. The number of H-pyrrole nitrogens is 1. The van der Waals surface area contributed by atoms with Gasteiger partial charge in [-0.25, -0.2) is 4.98 Å². The third kappa shape index (κ3) is 2.03. The van der Waals surface area contributed by atoms with Gasteiger partial charge >= 0.3 is 0 Å². The molecule has 0 amide bonds. The van der Waals surface area contributed by atoms with Gasteiger partial charge in [-0.15, -0.1) is 16.4 Å². The molecule has 7 heteroatoms. The van der Waals surface area contributed by atoms with Crippen LogP contribution < -0.4 is 10.6 Å². The standard InChI is InChI=1S/C10H14N6S/c1-6-12-4-8(17-6)9-13-10(15-14-9)16-3-2-7(11)5-16/h4,7H,2-3,5,11H2,1H3,(H,13,14,15). The fourth-order valence-corrected chi connectivity index (χ4v) is 2.66. The predicted molar refractivity (Wildman–Crippen MR) is 67.0 cm³/mol. The van der Waals surface area contributed by atoms with Crippen LogP contribution in [-0.4, -0.2) is 39.3 Å². The van der Waals surface area contributed by atoms with Crippen molar-refractivity contribution < 1.29 is 0 Å². The van der Waals surface area contributed by atoms with E-state index in [1.807, 2.05) is 13.1 Å². The van der Waals surface area contributed by atoms with E-state index in [-0.39, 0.29) is 6.04 Å². The second-order valence-electron chi connectivity index (χ2n) is 4.22. The van der Waals surface area contributed by atoms with Crippen LogP contribution in [0.2, 0.25) is 0 Å². The Hall–Kier alpha value is -1.47. The summed E-state index contributed by atoms with van der Waals surface area (Å²) in [5.41, 5.74) is 5.87. The maximum absolute atomic E-state index is 5.87. The van der Waals surface area contributed by atoms with Crippen molar-refractivity contribution >= 4 is 17.3 Å². The molecule has 0 aliphatic carbocycles. The zero-order valence-electron chi connectivity index (χ0n) is 9.55. The molecule has 2 aromatic heterocycles. The van der Waals surface area contributed by atoms with E-state index in [1.165, 1.54) is 0 Å². The summed E-state index contributed by atoms with van der Waals surface area (Å²) in [6.07, 6.45) is 2.82. The van der Waals surface area contributed by atoms with Crippen LogP contribution in [0.25, 0.3) is 10.7 Å². The minimum Gasteiger partial charge on any atom is -0.338 e. The number of hydrogen-bond acceptors (Lipinski definition) is 6. The van der Waals surface area contributed by atoms with Crippen LogP contribution in [0.3, 0.4) is 0 Å². The molecule has 1 fully saturated rings. The molecule has 1 aliphatic heterocycles. The van der Waals surface area contributed by atoms with Crippen molar-refractivity contribution in [3.63, 3.8) is 0 Å². The normalized spacial score (nSPS) is 20.1. The first-order chi connectivity index (χ1) is 8.22. The molecular formula is C10H14N6S. The molecule has 0 radical (unpaired) electrons. The molecule has 17 heavy (non-hydrogen) atoms. The molecule has 6 nitrogen and oxygen atoms in total. The fraction of sp³-hybridized carbons (Fsp3) is 0.500. The SMILES string of the molecule is Cc1ncc(-c2nc(N3CCC(N)C3)n[nH]2)s1. The first-order valence-electron chi connectivity index (χ1n) is 5.58. The summed E-state index contributed by atoms with van der Waals surface area (Å²) in [7, 11) is 0. The number of aromatic amines is 1. The zero-order valence-corrected chi connectivity index (χ0v) is 10.4. The molecular weight excluding hydrogens is 236 g/mol. The van der Waals surface area contributed by atoms with E-state index in [1.54, 1.807) is 11.3 Å². The number of aryl methyl sites for hydroxylation is 1. The summed E-state index contributed by atoms with van der Waals surface area (Å²) < 4.78 is 0. The van der Waals surface area contributed by atoms with Gasteiger partial charge in [-0.3, -0.25) is 5.10 Å². The van der Waals surface area contributed by atoms with Gasteiger partial charge in [0.2, 0.25) is 5.95 Å². The van der Waals surface area contributed by atoms with E-state index in [0.717, 1.165) is 41.2 Å². The fourth-order valence-electron chi connectivity index (χ4n) is 1.94. The van der Waals surface area contributed by atoms with E-state index in [4.69, 9.17) is 5.73 Å². The molecule has 0 saturated carbocycles. The van der Waals surface area contributed by atoms with Crippen molar-refractivity contribution in [2.24, 2.45) is 5.73 Å². The smallest absolute Gasteiger partial charge is 0.245 e. The molecule has 0 aromatic carbocycles. The van der Waals surface area contributed by atoms with E-state index in [2.05, 4.69) is 25.1 Å².